The SMILES string of the molecule is Cc1ccc(NC(=O)NCc2cccc(C(=N)N)c2)cc1. The molecule has 0 radical (unpaired) electrons. The zero-order valence-electron chi connectivity index (χ0n) is 11.8. The first-order valence-electron chi connectivity index (χ1n) is 6.59. The fourth-order valence-corrected chi connectivity index (χ4v) is 1.84. The topological polar surface area (TPSA) is 91.0 Å². The van der Waals surface area contributed by atoms with Gasteiger partial charge in [0.1, 0.15) is 5.84 Å². The van der Waals surface area contributed by atoms with Crippen LogP contribution in [0.25, 0.3) is 0 Å². The molecule has 2 amide bonds. The predicted molar refractivity (Wildman–Crippen MR) is 84.5 cm³/mol. The molecular weight excluding hydrogens is 264 g/mol. The average molecular weight is 282 g/mol. The summed E-state index contributed by atoms with van der Waals surface area (Å²) in [4.78, 5) is 11.8. The monoisotopic (exact) mass is 282 g/mol. The van der Waals surface area contributed by atoms with Crippen LogP contribution in [-0.4, -0.2) is 11.9 Å². The number of benzene rings is 2. The van der Waals surface area contributed by atoms with Gasteiger partial charge in [-0.2, -0.15) is 0 Å². The maximum absolute atomic E-state index is 11.8. The van der Waals surface area contributed by atoms with E-state index in [0.29, 0.717) is 12.1 Å². The first kappa shape index (κ1) is 14.6. The minimum atomic E-state index is -0.271. The molecule has 2 aromatic rings. The van der Waals surface area contributed by atoms with Gasteiger partial charge in [-0.3, -0.25) is 5.41 Å². The molecule has 0 spiro atoms. The molecule has 0 aliphatic rings. The van der Waals surface area contributed by atoms with E-state index >= 15 is 0 Å². The molecule has 0 aliphatic carbocycles. The summed E-state index contributed by atoms with van der Waals surface area (Å²) < 4.78 is 0. The van der Waals surface area contributed by atoms with Gasteiger partial charge in [0.2, 0.25) is 0 Å². The predicted octanol–water partition coefficient (Wildman–Crippen LogP) is 2.60. The van der Waals surface area contributed by atoms with Gasteiger partial charge in [0, 0.05) is 17.8 Å². The minimum Gasteiger partial charge on any atom is -0.384 e. The zero-order chi connectivity index (χ0) is 15.2. The second-order valence-electron chi connectivity index (χ2n) is 4.79. The van der Waals surface area contributed by atoms with Crippen molar-refractivity contribution in [1.29, 1.82) is 5.41 Å². The quantitative estimate of drug-likeness (QED) is 0.513. The van der Waals surface area contributed by atoms with Gasteiger partial charge in [0.25, 0.3) is 0 Å². The Labute approximate surface area is 123 Å². The summed E-state index contributed by atoms with van der Waals surface area (Å²) in [6.07, 6.45) is 0. The van der Waals surface area contributed by atoms with Gasteiger partial charge < -0.3 is 16.4 Å². The second kappa shape index (κ2) is 6.56. The van der Waals surface area contributed by atoms with Crippen LogP contribution < -0.4 is 16.4 Å². The van der Waals surface area contributed by atoms with Crippen LogP contribution in [0.4, 0.5) is 10.5 Å². The molecule has 0 saturated carbocycles. The number of hydrogen-bond donors (Lipinski definition) is 4. The fourth-order valence-electron chi connectivity index (χ4n) is 1.84. The lowest BCUT2D eigenvalue weighted by molar-refractivity contribution is 0.251. The third kappa shape index (κ3) is 4.35. The van der Waals surface area contributed by atoms with Gasteiger partial charge in [-0.1, -0.05) is 35.9 Å². The van der Waals surface area contributed by atoms with Crippen molar-refractivity contribution in [2.75, 3.05) is 5.32 Å². The summed E-state index contributed by atoms with van der Waals surface area (Å²) in [5, 5.41) is 12.9. The number of aryl methyl sites for hydroxylation is 1. The van der Waals surface area contributed by atoms with Crippen molar-refractivity contribution < 1.29 is 4.79 Å². The minimum absolute atomic E-state index is 0.0148. The number of hydrogen-bond acceptors (Lipinski definition) is 2. The van der Waals surface area contributed by atoms with Crippen LogP contribution in [0.1, 0.15) is 16.7 Å². The molecule has 0 aromatic heterocycles. The maximum Gasteiger partial charge on any atom is 0.319 e. The van der Waals surface area contributed by atoms with Crippen LogP contribution in [0.5, 0.6) is 0 Å². The number of rotatable bonds is 4. The molecule has 5 heteroatoms. The van der Waals surface area contributed by atoms with Gasteiger partial charge in [-0.15, -0.1) is 0 Å². The van der Waals surface area contributed by atoms with Crippen molar-refractivity contribution in [2.24, 2.45) is 5.73 Å². The standard InChI is InChI=1S/C16H18N4O/c1-11-5-7-14(8-6-11)20-16(21)19-10-12-3-2-4-13(9-12)15(17)18/h2-9H,10H2,1H3,(H3,17,18)(H2,19,20,21). The van der Waals surface area contributed by atoms with Crippen LogP contribution in [0, 0.1) is 12.3 Å². The smallest absolute Gasteiger partial charge is 0.319 e. The van der Waals surface area contributed by atoms with E-state index in [9.17, 15) is 4.79 Å². The second-order valence-corrected chi connectivity index (χ2v) is 4.79. The lowest BCUT2D eigenvalue weighted by atomic mass is 10.1. The molecule has 2 rings (SSSR count). The Balaban J connectivity index is 1.90. The van der Waals surface area contributed by atoms with Gasteiger partial charge in [-0.05, 0) is 30.7 Å². The normalized spacial score (nSPS) is 9.95. The highest BCUT2D eigenvalue weighted by atomic mass is 16.2. The third-order valence-corrected chi connectivity index (χ3v) is 3.00. The number of nitrogen functional groups attached to an aromatic ring is 1. The van der Waals surface area contributed by atoms with E-state index in [2.05, 4.69) is 10.6 Å². The van der Waals surface area contributed by atoms with E-state index in [1.54, 1.807) is 12.1 Å². The number of nitrogens with one attached hydrogen (secondary N) is 3. The number of urea groups is 1. The van der Waals surface area contributed by atoms with Crippen LogP contribution >= 0.6 is 0 Å². The number of carbonyl (C=O) groups is 1. The molecule has 0 atom stereocenters. The Morgan fingerprint density at radius 2 is 1.90 bits per heavy atom. The van der Waals surface area contributed by atoms with Gasteiger partial charge in [-0.25, -0.2) is 4.79 Å². The van der Waals surface area contributed by atoms with Crippen LogP contribution in [-0.2, 0) is 6.54 Å². The molecule has 5 N–H and O–H groups in total. The highest BCUT2D eigenvalue weighted by Gasteiger charge is 2.03. The number of anilines is 1. The Kier molecular flexibility index (Phi) is 4.56. The van der Waals surface area contributed by atoms with E-state index in [4.69, 9.17) is 11.1 Å². The van der Waals surface area contributed by atoms with Crippen molar-refractivity contribution in [3.63, 3.8) is 0 Å². The van der Waals surface area contributed by atoms with Crippen molar-refractivity contribution in [3.8, 4) is 0 Å². The van der Waals surface area contributed by atoms with E-state index in [0.717, 1.165) is 16.8 Å². The van der Waals surface area contributed by atoms with Crippen molar-refractivity contribution in [2.45, 2.75) is 13.5 Å². The van der Waals surface area contributed by atoms with E-state index < -0.39 is 0 Å². The van der Waals surface area contributed by atoms with Crippen LogP contribution in [0.2, 0.25) is 0 Å². The molecule has 108 valence electrons. The fraction of sp³-hybridized carbons (Fsp3) is 0.125. The molecule has 0 fully saturated rings. The molecule has 0 saturated heterocycles. The summed E-state index contributed by atoms with van der Waals surface area (Å²) in [5.41, 5.74) is 8.86. The van der Waals surface area contributed by atoms with Crippen LogP contribution in [0.15, 0.2) is 48.5 Å². The molecule has 5 nitrogen and oxygen atoms in total. The summed E-state index contributed by atoms with van der Waals surface area (Å²) in [7, 11) is 0. The molecule has 2 aromatic carbocycles. The Hall–Kier alpha value is -2.82. The Morgan fingerprint density at radius 3 is 2.57 bits per heavy atom. The number of nitrogens with two attached hydrogens (primary N) is 1. The van der Waals surface area contributed by atoms with E-state index in [1.165, 1.54) is 0 Å². The highest BCUT2D eigenvalue weighted by Crippen LogP contribution is 2.08. The Morgan fingerprint density at radius 1 is 1.19 bits per heavy atom. The average Bonchev–Trinajstić information content (AvgIpc) is 2.48. The van der Waals surface area contributed by atoms with Gasteiger partial charge in [0.05, 0.1) is 0 Å². The molecular formula is C16H18N4O. The highest BCUT2D eigenvalue weighted by molar-refractivity contribution is 5.95. The summed E-state index contributed by atoms with van der Waals surface area (Å²) in [6, 6.07) is 14.5. The van der Waals surface area contributed by atoms with Crippen molar-refractivity contribution in [3.05, 3.63) is 65.2 Å². The number of amides is 2. The molecule has 0 heterocycles. The largest absolute Gasteiger partial charge is 0.384 e. The van der Waals surface area contributed by atoms with Crippen molar-refractivity contribution in [1.82, 2.24) is 5.32 Å². The molecule has 21 heavy (non-hydrogen) atoms. The zero-order valence-corrected chi connectivity index (χ0v) is 11.8. The Bertz CT molecular complexity index is 650. The van der Waals surface area contributed by atoms with Crippen molar-refractivity contribution >= 4 is 17.6 Å². The third-order valence-electron chi connectivity index (χ3n) is 3.00. The first-order chi connectivity index (χ1) is 10.0. The maximum atomic E-state index is 11.8. The number of amidine groups is 1. The number of carbonyl (C=O) groups excluding carboxylic acids is 1. The summed E-state index contributed by atoms with van der Waals surface area (Å²) in [5.74, 6) is 0.0148. The molecule has 0 bridgehead atoms. The summed E-state index contributed by atoms with van der Waals surface area (Å²) >= 11 is 0. The summed E-state index contributed by atoms with van der Waals surface area (Å²) in [6.45, 7) is 2.37. The van der Waals surface area contributed by atoms with Crippen LogP contribution in [0.3, 0.4) is 0 Å². The molecule has 0 unspecified atom stereocenters. The van der Waals surface area contributed by atoms with E-state index in [1.807, 2.05) is 43.3 Å². The lowest BCUT2D eigenvalue weighted by Gasteiger charge is -2.09. The lowest BCUT2D eigenvalue weighted by Crippen LogP contribution is -2.28. The van der Waals surface area contributed by atoms with Gasteiger partial charge >= 0.3 is 6.03 Å². The van der Waals surface area contributed by atoms with E-state index in [-0.39, 0.29) is 11.9 Å². The first-order valence-corrected chi connectivity index (χ1v) is 6.59. The molecule has 0 aliphatic heterocycles. The van der Waals surface area contributed by atoms with Gasteiger partial charge in [0.15, 0.2) is 0 Å².